The molecule has 0 bridgehead atoms. The molecule has 0 heterocycles. The van der Waals surface area contributed by atoms with Gasteiger partial charge in [-0.05, 0) is 29.7 Å². The number of benzene rings is 2. The Kier molecular flexibility index (Phi) is 11.0. The molecule has 2 N–H and O–H groups in total. The van der Waals surface area contributed by atoms with Crippen molar-refractivity contribution in [1.29, 1.82) is 0 Å². The zero-order chi connectivity index (χ0) is 17.4. The van der Waals surface area contributed by atoms with Gasteiger partial charge in [0.05, 0.1) is 6.61 Å². The number of nitrogens with one attached hydrogen (secondary N) is 1. The monoisotopic (exact) mass is 405 g/mol. The second kappa shape index (κ2) is 11.9. The molecular formula is C17H21NNaO3PS2. The van der Waals surface area contributed by atoms with Gasteiger partial charge in [0.1, 0.15) is 6.72 Å². The molecule has 0 amide bonds. The Hall–Kier alpha value is 0.250. The minimum Gasteiger partial charge on any atom is -0.780 e. The SMILES string of the molecule is CCCSP(=O)([O-])NCc1ccccc1Sc1ccccc1CO.[Na+]. The van der Waals surface area contributed by atoms with Crippen molar-refractivity contribution in [2.45, 2.75) is 36.3 Å². The number of aliphatic hydroxyl groups excluding tert-OH is 1. The number of rotatable bonds is 9. The van der Waals surface area contributed by atoms with Crippen molar-refractivity contribution in [2.24, 2.45) is 0 Å². The molecule has 0 aliphatic heterocycles. The Morgan fingerprint density at radius 2 is 1.64 bits per heavy atom. The van der Waals surface area contributed by atoms with E-state index in [9.17, 15) is 14.6 Å². The third kappa shape index (κ3) is 7.79. The van der Waals surface area contributed by atoms with Crippen LogP contribution in [0, 0.1) is 0 Å². The van der Waals surface area contributed by atoms with Gasteiger partial charge in [-0.1, -0.05) is 66.5 Å². The fourth-order valence-corrected chi connectivity index (χ4v) is 5.72. The van der Waals surface area contributed by atoms with Gasteiger partial charge in [-0.2, -0.15) is 0 Å². The van der Waals surface area contributed by atoms with Crippen molar-refractivity contribution in [3.8, 4) is 0 Å². The first kappa shape index (κ1) is 23.3. The summed E-state index contributed by atoms with van der Waals surface area (Å²) in [6.07, 6.45) is 0.822. The van der Waals surface area contributed by atoms with E-state index in [4.69, 9.17) is 0 Å². The van der Waals surface area contributed by atoms with Crippen molar-refractivity contribution in [3.05, 3.63) is 59.7 Å². The van der Waals surface area contributed by atoms with E-state index < -0.39 is 6.72 Å². The van der Waals surface area contributed by atoms with Crippen molar-refractivity contribution < 1.29 is 44.1 Å². The summed E-state index contributed by atoms with van der Waals surface area (Å²) < 4.78 is 12.0. The molecule has 0 saturated heterocycles. The molecular weight excluding hydrogens is 384 g/mol. The first-order valence-electron chi connectivity index (χ1n) is 7.71. The summed E-state index contributed by atoms with van der Waals surface area (Å²) in [5, 5.41) is 12.1. The Morgan fingerprint density at radius 3 is 2.24 bits per heavy atom. The molecule has 4 nitrogen and oxygen atoms in total. The van der Waals surface area contributed by atoms with Gasteiger partial charge in [0.2, 0.25) is 0 Å². The normalized spacial score (nSPS) is 13.1. The molecule has 0 spiro atoms. The molecule has 2 aromatic carbocycles. The Balaban J connectivity index is 0.00000312. The Labute approximate surface area is 179 Å². The molecule has 0 aliphatic carbocycles. The number of hydrogen-bond donors (Lipinski definition) is 2. The summed E-state index contributed by atoms with van der Waals surface area (Å²) in [6, 6.07) is 15.4. The molecule has 0 aliphatic rings. The van der Waals surface area contributed by atoms with E-state index in [1.54, 1.807) is 0 Å². The van der Waals surface area contributed by atoms with Gasteiger partial charge in [0, 0.05) is 22.1 Å². The maximum Gasteiger partial charge on any atom is 1.00 e. The van der Waals surface area contributed by atoms with Crippen LogP contribution in [0.15, 0.2) is 58.3 Å². The van der Waals surface area contributed by atoms with Crippen LogP contribution in [0.4, 0.5) is 0 Å². The van der Waals surface area contributed by atoms with Gasteiger partial charge < -0.3 is 14.6 Å². The fraction of sp³-hybridized carbons (Fsp3) is 0.294. The minimum absolute atomic E-state index is 0. The van der Waals surface area contributed by atoms with E-state index in [-0.39, 0.29) is 42.7 Å². The maximum atomic E-state index is 12.0. The maximum absolute atomic E-state index is 12.0. The zero-order valence-electron chi connectivity index (χ0n) is 14.5. The Bertz CT molecular complexity index is 718. The number of hydrogen-bond acceptors (Lipinski definition) is 5. The van der Waals surface area contributed by atoms with Gasteiger partial charge in [0.25, 0.3) is 0 Å². The zero-order valence-corrected chi connectivity index (χ0v) is 19.0. The number of aliphatic hydroxyl groups is 1. The smallest absolute Gasteiger partial charge is 0.780 e. The molecule has 1 unspecified atom stereocenters. The molecule has 0 radical (unpaired) electrons. The second-order valence-corrected chi connectivity index (χ2v) is 10.4. The van der Waals surface area contributed by atoms with Gasteiger partial charge in [-0.25, -0.2) is 0 Å². The van der Waals surface area contributed by atoms with Crippen LogP contribution >= 0.6 is 29.9 Å². The first-order chi connectivity index (χ1) is 11.6. The molecule has 0 saturated carbocycles. The molecule has 130 valence electrons. The average molecular weight is 405 g/mol. The summed E-state index contributed by atoms with van der Waals surface area (Å²) in [7, 11) is 0. The van der Waals surface area contributed by atoms with Gasteiger partial charge >= 0.3 is 29.6 Å². The van der Waals surface area contributed by atoms with Crippen LogP contribution in [0.1, 0.15) is 24.5 Å². The van der Waals surface area contributed by atoms with Crippen LogP contribution in [0.5, 0.6) is 0 Å². The largest absolute Gasteiger partial charge is 1.00 e. The molecule has 25 heavy (non-hydrogen) atoms. The van der Waals surface area contributed by atoms with Gasteiger partial charge in [0.15, 0.2) is 0 Å². The molecule has 0 aromatic heterocycles. The van der Waals surface area contributed by atoms with Gasteiger partial charge in [-0.3, -0.25) is 5.09 Å². The predicted octanol–water partition coefficient (Wildman–Crippen LogP) is 1.04. The van der Waals surface area contributed by atoms with Crippen molar-refractivity contribution >= 4 is 29.9 Å². The second-order valence-electron chi connectivity index (χ2n) is 5.14. The summed E-state index contributed by atoms with van der Waals surface area (Å²) in [5.74, 6) is 0.591. The van der Waals surface area contributed by atoms with Crippen molar-refractivity contribution in [3.63, 3.8) is 0 Å². The van der Waals surface area contributed by atoms with Crippen LogP contribution in [-0.2, 0) is 17.7 Å². The van der Waals surface area contributed by atoms with Gasteiger partial charge in [-0.15, -0.1) is 0 Å². The molecule has 2 aromatic rings. The topological polar surface area (TPSA) is 72.4 Å². The first-order valence-corrected chi connectivity index (χ1v) is 11.7. The van der Waals surface area contributed by atoms with Crippen LogP contribution in [-0.4, -0.2) is 10.9 Å². The van der Waals surface area contributed by atoms with Crippen LogP contribution in [0.25, 0.3) is 0 Å². The van der Waals surface area contributed by atoms with E-state index in [1.165, 1.54) is 11.8 Å². The van der Waals surface area contributed by atoms with Crippen molar-refractivity contribution in [1.82, 2.24) is 5.09 Å². The van der Waals surface area contributed by atoms with E-state index >= 15 is 0 Å². The van der Waals surface area contributed by atoms with E-state index in [1.807, 2.05) is 55.5 Å². The predicted molar refractivity (Wildman–Crippen MR) is 100 cm³/mol. The average Bonchev–Trinajstić information content (AvgIpc) is 2.60. The summed E-state index contributed by atoms with van der Waals surface area (Å²) >= 11 is 2.50. The standard InChI is InChI=1S/C17H22NO3PS2.Na/c1-2-11-23-22(20,21)18-12-14-7-3-5-9-16(14)24-17-10-6-4-8-15(17)13-19;/h3-10,19H,2,11-13H2,1H3,(H2,18,20,21);/q;+1/p-1. The van der Waals surface area contributed by atoms with Crippen molar-refractivity contribution in [2.75, 3.05) is 5.75 Å². The molecule has 2 rings (SSSR count). The minimum atomic E-state index is -3.62. The summed E-state index contributed by atoms with van der Waals surface area (Å²) in [5.41, 5.74) is 1.78. The molecule has 8 heteroatoms. The van der Waals surface area contributed by atoms with Crippen LogP contribution in [0.2, 0.25) is 0 Å². The summed E-state index contributed by atoms with van der Waals surface area (Å²) in [4.78, 5) is 13.9. The summed E-state index contributed by atoms with van der Waals surface area (Å²) in [6.45, 7) is -1.42. The fourth-order valence-electron chi connectivity index (χ4n) is 2.04. The third-order valence-electron chi connectivity index (χ3n) is 3.26. The molecule has 1 atom stereocenters. The van der Waals surface area contributed by atoms with Crippen LogP contribution in [0.3, 0.4) is 0 Å². The van der Waals surface area contributed by atoms with E-state index in [2.05, 4.69) is 5.09 Å². The van der Waals surface area contributed by atoms with E-state index in [0.717, 1.165) is 38.7 Å². The molecule has 0 fully saturated rings. The van der Waals surface area contributed by atoms with E-state index in [0.29, 0.717) is 5.75 Å². The third-order valence-corrected chi connectivity index (χ3v) is 7.93. The quantitative estimate of drug-likeness (QED) is 0.480. The van der Waals surface area contributed by atoms with Crippen LogP contribution < -0.4 is 39.5 Å². The Morgan fingerprint density at radius 1 is 1.08 bits per heavy atom.